The smallest absolute Gasteiger partial charge is 0.214 e. The highest BCUT2D eigenvalue weighted by Crippen LogP contribution is 2.12. The van der Waals surface area contributed by atoms with Gasteiger partial charge in [0.15, 0.2) is 5.96 Å². The molecular formula is C11H24N4O2S2. The van der Waals surface area contributed by atoms with Gasteiger partial charge in [0.25, 0.3) is 0 Å². The average molecular weight is 308 g/mol. The van der Waals surface area contributed by atoms with E-state index in [1.807, 2.05) is 6.92 Å². The van der Waals surface area contributed by atoms with E-state index in [0.29, 0.717) is 19.6 Å². The van der Waals surface area contributed by atoms with Crippen LogP contribution in [0.15, 0.2) is 4.99 Å². The van der Waals surface area contributed by atoms with Gasteiger partial charge in [0, 0.05) is 31.9 Å². The Balaban J connectivity index is 2.38. The fraction of sp³-hybridized carbons (Fsp3) is 0.909. The minimum absolute atomic E-state index is 0.281. The van der Waals surface area contributed by atoms with E-state index < -0.39 is 10.0 Å². The largest absolute Gasteiger partial charge is 0.357 e. The van der Waals surface area contributed by atoms with E-state index in [4.69, 9.17) is 0 Å². The molecule has 0 bridgehead atoms. The van der Waals surface area contributed by atoms with Crippen LogP contribution >= 0.6 is 11.8 Å². The summed E-state index contributed by atoms with van der Waals surface area (Å²) in [4.78, 5) is 4.39. The SMILES string of the molecule is CCNC(=NCCN1CCCS1(=O)=O)NCCSC. The summed E-state index contributed by atoms with van der Waals surface area (Å²) in [5.41, 5.74) is 0. The van der Waals surface area contributed by atoms with Crippen molar-refractivity contribution in [2.24, 2.45) is 4.99 Å². The molecule has 0 aromatic carbocycles. The first kappa shape index (κ1) is 16.6. The van der Waals surface area contributed by atoms with Gasteiger partial charge >= 0.3 is 0 Å². The minimum Gasteiger partial charge on any atom is -0.357 e. The minimum atomic E-state index is -3.00. The van der Waals surface area contributed by atoms with E-state index in [1.165, 1.54) is 4.31 Å². The number of nitrogens with zero attached hydrogens (tertiary/aromatic N) is 2. The van der Waals surface area contributed by atoms with Gasteiger partial charge in [-0.15, -0.1) is 0 Å². The van der Waals surface area contributed by atoms with E-state index in [9.17, 15) is 8.42 Å². The van der Waals surface area contributed by atoms with Gasteiger partial charge in [0.2, 0.25) is 10.0 Å². The topological polar surface area (TPSA) is 73.8 Å². The molecule has 0 aromatic rings. The van der Waals surface area contributed by atoms with Crippen molar-refractivity contribution in [3.8, 4) is 0 Å². The maximum atomic E-state index is 11.6. The molecule has 0 saturated carbocycles. The third-order valence-electron chi connectivity index (χ3n) is 2.77. The van der Waals surface area contributed by atoms with Gasteiger partial charge < -0.3 is 10.6 Å². The quantitative estimate of drug-likeness (QED) is 0.392. The van der Waals surface area contributed by atoms with Gasteiger partial charge in [-0.25, -0.2) is 12.7 Å². The summed E-state index contributed by atoms with van der Waals surface area (Å²) >= 11 is 1.77. The molecule has 0 spiro atoms. The van der Waals surface area contributed by atoms with Crippen molar-refractivity contribution >= 4 is 27.7 Å². The predicted molar refractivity (Wildman–Crippen MR) is 82.3 cm³/mol. The highest BCUT2D eigenvalue weighted by molar-refractivity contribution is 7.98. The molecule has 0 amide bonds. The summed E-state index contributed by atoms with van der Waals surface area (Å²) in [5, 5.41) is 6.37. The number of hydrogen-bond acceptors (Lipinski definition) is 4. The van der Waals surface area contributed by atoms with Crippen LogP contribution in [0.2, 0.25) is 0 Å². The molecular weight excluding hydrogens is 284 g/mol. The monoisotopic (exact) mass is 308 g/mol. The molecule has 0 aliphatic carbocycles. The van der Waals surface area contributed by atoms with Crippen LogP contribution in [0.25, 0.3) is 0 Å². The molecule has 1 aliphatic rings. The zero-order valence-electron chi connectivity index (χ0n) is 11.7. The van der Waals surface area contributed by atoms with Gasteiger partial charge in [0.05, 0.1) is 12.3 Å². The van der Waals surface area contributed by atoms with Crippen molar-refractivity contribution in [3.05, 3.63) is 0 Å². The standard InChI is InChI=1S/C11H24N4O2S2/c1-3-12-11(14-6-9-18-2)13-5-8-15-7-4-10-19(15,16)17/h3-10H2,1-2H3,(H2,12,13,14). The molecule has 8 heteroatoms. The lowest BCUT2D eigenvalue weighted by Crippen LogP contribution is -2.39. The Hall–Kier alpha value is -0.470. The number of nitrogens with one attached hydrogen (secondary N) is 2. The van der Waals surface area contributed by atoms with E-state index in [-0.39, 0.29) is 5.75 Å². The average Bonchev–Trinajstić information content (AvgIpc) is 2.69. The second-order valence-corrected chi connectivity index (χ2v) is 7.32. The highest BCUT2D eigenvalue weighted by Gasteiger charge is 2.27. The molecule has 1 rings (SSSR count). The Morgan fingerprint density at radius 2 is 2.21 bits per heavy atom. The van der Waals surface area contributed by atoms with Gasteiger partial charge in [0.1, 0.15) is 0 Å². The van der Waals surface area contributed by atoms with E-state index in [0.717, 1.165) is 31.2 Å². The first-order valence-electron chi connectivity index (χ1n) is 6.59. The third kappa shape index (κ3) is 6.01. The van der Waals surface area contributed by atoms with Gasteiger partial charge in [-0.3, -0.25) is 4.99 Å². The summed E-state index contributed by atoms with van der Waals surface area (Å²) in [6.45, 7) is 5.27. The van der Waals surface area contributed by atoms with Crippen LogP contribution in [0.5, 0.6) is 0 Å². The molecule has 1 fully saturated rings. The fourth-order valence-electron chi connectivity index (χ4n) is 1.83. The predicted octanol–water partition coefficient (Wildman–Crippen LogP) is -0.0600. The number of guanidine groups is 1. The van der Waals surface area contributed by atoms with E-state index >= 15 is 0 Å². The molecule has 0 aromatic heterocycles. The molecule has 112 valence electrons. The molecule has 1 aliphatic heterocycles. The zero-order valence-corrected chi connectivity index (χ0v) is 13.3. The first-order valence-corrected chi connectivity index (χ1v) is 9.59. The van der Waals surface area contributed by atoms with Crippen molar-refractivity contribution < 1.29 is 8.42 Å². The van der Waals surface area contributed by atoms with Crippen LogP contribution < -0.4 is 10.6 Å². The number of sulfonamides is 1. The normalized spacial score (nSPS) is 19.6. The summed E-state index contributed by atoms with van der Waals surface area (Å²) in [7, 11) is -3.00. The van der Waals surface area contributed by atoms with E-state index in [1.54, 1.807) is 11.8 Å². The second kappa shape index (κ2) is 8.65. The van der Waals surface area contributed by atoms with Gasteiger partial charge in [-0.2, -0.15) is 11.8 Å². The Morgan fingerprint density at radius 3 is 2.79 bits per heavy atom. The molecule has 19 heavy (non-hydrogen) atoms. The fourth-order valence-corrected chi connectivity index (χ4v) is 3.65. The Kier molecular flexibility index (Phi) is 7.55. The molecule has 2 N–H and O–H groups in total. The molecule has 0 unspecified atom stereocenters. The second-order valence-electron chi connectivity index (χ2n) is 4.25. The lowest BCUT2D eigenvalue weighted by atomic mass is 10.5. The summed E-state index contributed by atoms with van der Waals surface area (Å²) in [6.07, 6.45) is 2.79. The van der Waals surface area contributed by atoms with Crippen molar-refractivity contribution in [1.82, 2.24) is 14.9 Å². The Morgan fingerprint density at radius 1 is 1.42 bits per heavy atom. The number of thioether (sulfide) groups is 1. The van der Waals surface area contributed by atoms with Crippen molar-refractivity contribution in [2.75, 3.05) is 50.5 Å². The maximum absolute atomic E-state index is 11.6. The lowest BCUT2D eigenvalue weighted by molar-refractivity contribution is 0.452. The molecule has 0 radical (unpaired) electrons. The molecule has 1 saturated heterocycles. The van der Waals surface area contributed by atoms with Crippen molar-refractivity contribution in [3.63, 3.8) is 0 Å². The van der Waals surface area contributed by atoms with Crippen LogP contribution in [0.4, 0.5) is 0 Å². The number of hydrogen-bond donors (Lipinski definition) is 2. The Bertz CT molecular complexity index is 384. The van der Waals surface area contributed by atoms with Gasteiger partial charge in [-0.1, -0.05) is 0 Å². The van der Waals surface area contributed by atoms with Crippen LogP contribution in [-0.2, 0) is 10.0 Å². The molecule has 1 heterocycles. The molecule has 0 atom stereocenters. The zero-order chi connectivity index (χ0) is 14.1. The van der Waals surface area contributed by atoms with Crippen molar-refractivity contribution in [1.29, 1.82) is 0 Å². The lowest BCUT2D eigenvalue weighted by Gasteiger charge is -2.14. The van der Waals surface area contributed by atoms with Crippen LogP contribution in [0, 0.1) is 0 Å². The summed E-state index contributed by atoms with van der Waals surface area (Å²) in [5.74, 6) is 2.06. The first-order chi connectivity index (χ1) is 9.10. The summed E-state index contributed by atoms with van der Waals surface area (Å²) in [6, 6.07) is 0. The highest BCUT2D eigenvalue weighted by atomic mass is 32.2. The van der Waals surface area contributed by atoms with Crippen molar-refractivity contribution in [2.45, 2.75) is 13.3 Å². The van der Waals surface area contributed by atoms with Crippen LogP contribution in [0.1, 0.15) is 13.3 Å². The summed E-state index contributed by atoms with van der Waals surface area (Å²) < 4.78 is 24.8. The van der Waals surface area contributed by atoms with Crippen LogP contribution in [-0.4, -0.2) is 69.2 Å². The van der Waals surface area contributed by atoms with Gasteiger partial charge in [-0.05, 0) is 19.6 Å². The molecule has 6 nitrogen and oxygen atoms in total. The number of rotatable bonds is 7. The maximum Gasteiger partial charge on any atom is 0.214 e. The van der Waals surface area contributed by atoms with Crippen LogP contribution in [0.3, 0.4) is 0 Å². The third-order valence-corrected chi connectivity index (χ3v) is 5.33. The Labute approximate surface area is 120 Å². The van der Waals surface area contributed by atoms with E-state index in [2.05, 4.69) is 21.9 Å². The number of aliphatic imine (C=N–C) groups is 1.